The molecule has 0 aromatic rings. The molecule has 4 nitrogen and oxygen atoms in total. The molecule has 2 heterocycles. The van der Waals surface area contributed by atoms with Gasteiger partial charge in [-0.3, -0.25) is 14.7 Å². The zero-order valence-electron chi connectivity index (χ0n) is 7.24. The summed E-state index contributed by atoms with van der Waals surface area (Å²) in [7, 11) is 1.76. The van der Waals surface area contributed by atoms with E-state index in [1.165, 1.54) is 0 Å². The second kappa shape index (κ2) is 2.33. The van der Waals surface area contributed by atoms with Crippen molar-refractivity contribution in [3.05, 3.63) is 11.8 Å². The molecule has 2 aliphatic rings. The molecule has 0 aromatic carbocycles. The van der Waals surface area contributed by atoms with E-state index in [9.17, 15) is 4.79 Å². The smallest absolute Gasteiger partial charge is 0.257 e. The van der Waals surface area contributed by atoms with E-state index in [0.29, 0.717) is 0 Å². The molecule has 0 N–H and O–H groups in total. The second-order valence-corrected chi connectivity index (χ2v) is 3.05. The molecular weight excluding hydrogens is 154 g/mol. The first-order chi connectivity index (χ1) is 5.70. The standard InChI is InChI=1S/C8H11N3O/c1-6-5-11-4-3-9-8(11)10(2)7(6)12/h5H,3-4H2,1-2H3. The third kappa shape index (κ3) is 0.841. The number of nitrogens with zero attached hydrogens (tertiary/aromatic N) is 3. The quantitative estimate of drug-likeness (QED) is 0.508. The van der Waals surface area contributed by atoms with E-state index in [1.54, 1.807) is 11.9 Å². The first kappa shape index (κ1) is 7.34. The van der Waals surface area contributed by atoms with Crippen LogP contribution in [0.3, 0.4) is 0 Å². The molecule has 0 aromatic heterocycles. The van der Waals surface area contributed by atoms with E-state index in [2.05, 4.69) is 4.99 Å². The average Bonchev–Trinajstić information content (AvgIpc) is 2.48. The number of likely N-dealkylation sites (N-methyl/N-ethyl adjacent to an activating group) is 1. The summed E-state index contributed by atoms with van der Waals surface area (Å²) in [5, 5.41) is 0. The Balaban J connectivity index is 2.41. The third-order valence-corrected chi connectivity index (χ3v) is 2.14. The van der Waals surface area contributed by atoms with Crippen molar-refractivity contribution in [1.29, 1.82) is 0 Å². The fourth-order valence-corrected chi connectivity index (χ4v) is 1.51. The lowest BCUT2D eigenvalue weighted by atomic mass is 10.2. The summed E-state index contributed by atoms with van der Waals surface area (Å²) in [6, 6.07) is 0. The van der Waals surface area contributed by atoms with Crippen LogP contribution in [0, 0.1) is 0 Å². The molecule has 4 heteroatoms. The number of carbonyl (C=O) groups is 1. The molecule has 0 radical (unpaired) electrons. The highest BCUT2D eigenvalue weighted by atomic mass is 16.2. The second-order valence-electron chi connectivity index (χ2n) is 3.05. The van der Waals surface area contributed by atoms with Crippen LogP contribution in [0.1, 0.15) is 6.92 Å². The van der Waals surface area contributed by atoms with Crippen LogP contribution in [0.15, 0.2) is 16.8 Å². The van der Waals surface area contributed by atoms with Crippen molar-refractivity contribution in [2.45, 2.75) is 6.92 Å². The van der Waals surface area contributed by atoms with Crippen LogP contribution in [-0.4, -0.2) is 41.8 Å². The first-order valence-corrected chi connectivity index (χ1v) is 3.98. The van der Waals surface area contributed by atoms with Gasteiger partial charge >= 0.3 is 0 Å². The maximum atomic E-state index is 11.4. The molecule has 0 spiro atoms. The topological polar surface area (TPSA) is 35.9 Å². The minimum atomic E-state index is 0.0481. The van der Waals surface area contributed by atoms with Crippen LogP contribution in [0.5, 0.6) is 0 Å². The normalized spacial score (nSPS) is 22.3. The highest BCUT2D eigenvalue weighted by Crippen LogP contribution is 2.15. The Morgan fingerprint density at radius 1 is 1.58 bits per heavy atom. The number of rotatable bonds is 0. The number of hydrogen-bond donors (Lipinski definition) is 0. The Kier molecular flexibility index (Phi) is 1.43. The summed E-state index contributed by atoms with van der Waals surface area (Å²) in [5.41, 5.74) is 0.776. The predicted octanol–water partition coefficient (Wildman–Crippen LogP) is 0.0338. The number of guanidine groups is 1. The van der Waals surface area contributed by atoms with E-state index < -0.39 is 0 Å². The van der Waals surface area contributed by atoms with Gasteiger partial charge in [0, 0.05) is 25.4 Å². The van der Waals surface area contributed by atoms with E-state index in [1.807, 2.05) is 18.0 Å². The van der Waals surface area contributed by atoms with Crippen molar-refractivity contribution in [2.75, 3.05) is 20.1 Å². The molecule has 64 valence electrons. The van der Waals surface area contributed by atoms with Gasteiger partial charge in [0.05, 0.1) is 6.54 Å². The number of aliphatic imine (C=N–C) groups is 1. The zero-order chi connectivity index (χ0) is 8.72. The largest absolute Gasteiger partial charge is 0.317 e. The number of amides is 1. The summed E-state index contributed by atoms with van der Waals surface area (Å²) in [6.07, 6.45) is 1.87. The van der Waals surface area contributed by atoms with E-state index in [4.69, 9.17) is 0 Å². The van der Waals surface area contributed by atoms with Crippen LogP contribution in [-0.2, 0) is 4.79 Å². The maximum Gasteiger partial charge on any atom is 0.257 e. The Morgan fingerprint density at radius 2 is 2.33 bits per heavy atom. The summed E-state index contributed by atoms with van der Waals surface area (Å²) in [5.74, 6) is 0.831. The summed E-state index contributed by atoms with van der Waals surface area (Å²) >= 11 is 0. The zero-order valence-corrected chi connectivity index (χ0v) is 7.24. The lowest BCUT2D eigenvalue weighted by Crippen LogP contribution is -2.45. The minimum Gasteiger partial charge on any atom is -0.317 e. The summed E-state index contributed by atoms with van der Waals surface area (Å²) < 4.78 is 0. The SMILES string of the molecule is CC1=CN2CCN=C2N(C)C1=O. The first-order valence-electron chi connectivity index (χ1n) is 3.98. The molecule has 1 amide bonds. The molecule has 0 saturated carbocycles. The van der Waals surface area contributed by atoms with Gasteiger partial charge in [-0.2, -0.15) is 0 Å². The molecule has 0 unspecified atom stereocenters. The minimum absolute atomic E-state index is 0.0481. The van der Waals surface area contributed by atoms with Crippen LogP contribution in [0.2, 0.25) is 0 Å². The monoisotopic (exact) mass is 165 g/mol. The maximum absolute atomic E-state index is 11.4. The Morgan fingerprint density at radius 3 is 3.08 bits per heavy atom. The third-order valence-electron chi connectivity index (χ3n) is 2.14. The molecule has 0 fully saturated rings. The van der Waals surface area contributed by atoms with E-state index in [-0.39, 0.29) is 5.91 Å². The van der Waals surface area contributed by atoms with Crippen LogP contribution < -0.4 is 0 Å². The predicted molar refractivity (Wildman–Crippen MR) is 45.5 cm³/mol. The van der Waals surface area contributed by atoms with Gasteiger partial charge in [-0.1, -0.05) is 0 Å². The molecule has 0 saturated heterocycles. The molecule has 0 atom stereocenters. The number of carbonyl (C=O) groups excluding carboxylic acids is 1. The van der Waals surface area contributed by atoms with Crippen molar-refractivity contribution >= 4 is 11.9 Å². The molecule has 0 bridgehead atoms. The van der Waals surface area contributed by atoms with Gasteiger partial charge in [-0.15, -0.1) is 0 Å². The Bertz CT molecular complexity index is 289. The van der Waals surface area contributed by atoms with E-state index in [0.717, 1.165) is 24.6 Å². The number of fused-ring (bicyclic) bond motifs is 1. The van der Waals surface area contributed by atoms with Gasteiger partial charge in [-0.05, 0) is 6.92 Å². The summed E-state index contributed by atoms with van der Waals surface area (Å²) in [4.78, 5) is 19.3. The Hall–Kier alpha value is -1.32. The van der Waals surface area contributed by atoms with Crippen LogP contribution in [0.25, 0.3) is 0 Å². The average molecular weight is 165 g/mol. The van der Waals surface area contributed by atoms with Crippen molar-refractivity contribution in [2.24, 2.45) is 4.99 Å². The van der Waals surface area contributed by atoms with Crippen molar-refractivity contribution < 1.29 is 4.79 Å². The fraction of sp³-hybridized carbons (Fsp3) is 0.500. The van der Waals surface area contributed by atoms with Gasteiger partial charge in [0.2, 0.25) is 5.96 Å². The molecule has 12 heavy (non-hydrogen) atoms. The van der Waals surface area contributed by atoms with Crippen molar-refractivity contribution in [3.8, 4) is 0 Å². The molecular formula is C8H11N3O. The van der Waals surface area contributed by atoms with Crippen molar-refractivity contribution in [1.82, 2.24) is 9.80 Å². The van der Waals surface area contributed by atoms with Gasteiger partial charge in [0.25, 0.3) is 5.91 Å². The molecule has 2 aliphatic heterocycles. The number of hydrogen-bond acceptors (Lipinski definition) is 3. The van der Waals surface area contributed by atoms with Crippen molar-refractivity contribution in [3.63, 3.8) is 0 Å². The van der Waals surface area contributed by atoms with Gasteiger partial charge in [-0.25, -0.2) is 0 Å². The highest BCUT2D eigenvalue weighted by molar-refractivity contribution is 6.07. The highest BCUT2D eigenvalue weighted by Gasteiger charge is 2.28. The summed E-state index contributed by atoms with van der Waals surface area (Å²) in [6.45, 7) is 3.51. The van der Waals surface area contributed by atoms with Gasteiger partial charge in [0.15, 0.2) is 0 Å². The van der Waals surface area contributed by atoms with Gasteiger partial charge < -0.3 is 4.90 Å². The Labute approximate surface area is 71.2 Å². The lowest BCUT2D eigenvalue weighted by molar-refractivity contribution is -0.123. The fourth-order valence-electron chi connectivity index (χ4n) is 1.51. The van der Waals surface area contributed by atoms with Crippen LogP contribution in [0.4, 0.5) is 0 Å². The molecule has 2 rings (SSSR count). The van der Waals surface area contributed by atoms with E-state index >= 15 is 0 Å². The van der Waals surface area contributed by atoms with Gasteiger partial charge in [0.1, 0.15) is 0 Å². The lowest BCUT2D eigenvalue weighted by Gasteiger charge is -2.29. The van der Waals surface area contributed by atoms with Crippen LogP contribution >= 0.6 is 0 Å². The molecule has 0 aliphatic carbocycles.